The Morgan fingerprint density at radius 1 is 1.13 bits per heavy atom. The lowest BCUT2D eigenvalue weighted by molar-refractivity contribution is -0.274. The largest absolute Gasteiger partial charge is 0.573 e. The van der Waals surface area contributed by atoms with E-state index in [0.29, 0.717) is 12.4 Å². The second kappa shape index (κ2) is 5.79. The molecule has 2 aromatic heterocycles. The Hall–Kier alpha value is -2.77. The monoisotopic (exact) mass is 322 g/mol. The van der Waals surface area contributed by atoms with Gasteiger partial charge in [0.05, 0.1) is 5.39 Å². The molecule has 1 aromatic carbocycles. The number of hydrogen-bond donors (Lipinski definition) is 1. The third kappa shape index (κ3) is 3.53. The van der Waals surface area contributed by atoms with E-state index in [-0.39, 0.29) is 5.75 Å². The third-order valence-electron chi connectivity index (χ3n) is 3.28. The molecular formula is C15H13F3N4O. The maximum Gasteiger partial charge on any atom is 0.573 e. The van der Waals surface area contributed by atoms with Crippen LogP contribution >= 0.6 is 0 Å². The van der Waals surface area contributed by atoms with E-state index in [0.717, 1.165) is 16.6 Å². The highest BCUT2D eigenvalue weighted by Gasteiger charge is 2.30. The van der Waals surface area contributed by atoms with Gasteiger partial charge < -0.3 is 14.6 Å². The number of nitrogens with one attached hydrogen (secondary N) is 1. The van der Waals surface area contributed by atoms with Gasteiger partial charge in [-0.1, -0.05) is 12.1 Å². The first-order valence-electron chi connectivity index (χ1n) is 6.77. The zero-order valence-electron chi connectivity index (χ0n) is 12.1. The number of anilines is 1. The van der Waals surface area contributed by atoms with Crippen molar-refractivity contribution in [1.29, 1.82) is 0 Å². The number of hydrogen-bond acceptors (Lipinski definition) is 4. The van der Waals surface area contributed by atoms with Crippen molar-refractivity contribution >= 4 is 16.9 Å². The number of alkyl halides is 3. The lowest BCUT2D eigenvalue weighted by atomic mass is 10.2. The highest BCUT2D eigenvalue weighted by Crippen LogP contribution is 2.23. The summed E-state index contributed by atoms with van der Waals surface area (Å²) >= 11 is 0. The molecule has 120 valence electrons. The minimum absolute atomic E-state index is 0.242. The van der Waals surface area contributed by atoms with Gasteiger partial charge in [0.25, 0.3) is 0 Å². The van der Waals surface area contributed by atoms with E-state index in [4.69, 9.17) is 0 Å². The highest BCUT2D eigenvalue weighted by molar-refractivity contribution is 5.87. The predicted molar refractivity (Wildman–Crippen MR) is 79.0 cm³/mol. The molecule has 8 heteroatoms. The summed E-state index contributed by atoms with van der Waals surface area (Å²) in [6.07, 6.45) is -1.33. The fourth-order valence-electron chi connectivity index (χ4n) is 2.21. The Morgan fingerprint density at radius 2 is 1.87 bits per heavy atom. The van der Waals surface area contributed by atoms with Crippen molar-refractivity contribution in [2.75, 3.05) is 5.32 Å². The van der Waals surface area contributed by atoms with E-state index in [1.165, 1.54) is 18.5 Å². The molecule has 3 rings (SSSR count). The average molecular weight is 322 g/mol. The van der Waals surface area contributed by atoms with Crippen LogP contribution in [0.1, 0.15) is 5.56 Å². The van der Waals surface area contributed by atoms with Gasteiger partial charge >= 0.3 is 6.36 Å². The molecule has 23 heavy (non-hydrogen) atoms. The number of fused-ring (bicyclic) bond motifs is 1. The Kier molecular flexibility index (Phi) is 3.81. The number of aromatic nitrogens is 3. The molecule has 0 fully saturated rings. The van der Waals surface area contributed by atoms with Gasteiger partial charge in [-0.15, -0.1) is 13.2 Å². The van der Waals surface area contributed by atoms with Crippen LogP contribution in [-0.4, -0.2) is 20.9 Å². The fourth-order valence-corrected chi connectivity index (χ4v) is 2.21. The van der Waals surface area contributed by atoms with Crippen molar-refractivity contribution < 1.29 is 17.9 Å². The van der Waals surface area contributed by atoms with Crippen molar-refractivity contribution in [3.63, 3.8) is 0 Å². The topological polar surface area (TPSA) is 52.0 Å². The second-order valence-corrected chi connectivity index (χ2v) is 4.93. The third-order valence-corrected chi connectivity index (χ3v) is 3.28. The van der Waals surface area contributed by atoms with Crippen molar-refractivity contribution in [2.45, 2.75) is 12.9 Å². The van der Waals surface area contributed by atoms with Gasteiger partial charge in [0, 0.05) is 19.8 Å². The van der Waals surface area contributed by atoms with E-state index in [1.54, 1.807) is 12.1 Å². The molecule has 1 N–H and O–H groups in total. The van der Waals surface area contributed by atoms with Crippen LogP contribution in [0.4, 0.5) is 19.0 Å². The zero-order chi connectivity index (χ0) is 16.4. The number of ether oxygens (including phenoxy) is 1. The molecule has 0 saturated heterocycles. The zero-order valence-corrected chi connectivity index (χ0v) is 12.1. The smallest absolute Gasteiger partial charge is 0.406 e. The summed E-state index contributed by atoms with van der Waals surface area (Å²) in [4.78, 5) is 8.38. The van der Waals surface area contributed by atoms with Gasteiger partial charge in [0.15, 0.2) is 0 Å². The number of aryl methyl sites for hydroxylation is 1. The van der Waals surface area contributed by atoms with E-state index >= 15 is 0 Å². The summed E-state index contributed by atoms with van der Waals surface area (Å²) in [7, 11) is 1.89. The fraction of sp³-hybridized carbons (Fsp3) is 0.200. The van der Waals surface area contributed by atoms with Crippen LogP contribution in [0.25, 0.3) is 11.0 Å². The molecule has 0 aliphatic rings. The quantitative estimate of drug-likeness (QED) is 0.799. The second-order valence-electron chi connectivity index (χ2n) is 4.93. The predicted octanol–water partition coefficient (Wildman–Crippen LogP) is 3.48. The van der Waals surface area contributed by atoms with E-state index in [2.05, 4.69) is 20.0 Å². The standard InChI is InChI=1S/C15H13F3N4O/c1-22-7-6-12-13(20-9-21-14(12)22)19-8-10-2-4-11(5-3-10)23-15(16,17)18/h2-7,9H,8H2,1H3,(H,19,20,21). The van der Waals surface area contributed by atoms with Crippen LogP contribution in [0.2, 0.25) is 0 Å². The normalized spacial score (nSPS) is 11.7. The van der Waals surface area contributed by atoms with Gasteiger partial charge in [-0.2, -0.15) is 0 Å². The van der Waals surface area contributed by atoms with Crippen molar-refractivity contribution in [3.05, 3.63) is 48.4 Å². The Labute approximate surface area is 129 Å². The summed E-state index contributed by atoms with van der Waals surface area (Å²) in [5, 5.41) is 4.04. The minimum atomic E-state index is -4.68. The lowest BCUT2D eigenvalue weighted by Crippen LogP contribution is -2.17. The van der Waals surface area contributed by atoms with E-state index in [9.17, 15) is 13.2 Å². The molecule has 0 atom stereocenters. The first kappa shape index (κ1) is 15.1. The van der Waals surface area contributed by atoms with E-state index in [1.807, 2.05) is 23.9 Å². The number of benzene rings is 1. The molecule has 0 unspecified atom stereocenters. The number of rotatable bonds is 4. The average Bonchev–Trinajstić information content (AvgIpc) is 2.87. The van der Waals surface area contributed by atoms with Gasteiger partial charge in [-0.05, 0) is 23.8 Å². The summed E-state index contributed by atoms with van der Waals surface area (Å²) in [5.74, 6) is 0.431. The summed E-state index contributed by atoms with van der Waals surface area (Å²) < 4.78 is 42.0. The van der Waals surface area contributed by atoms with Crippen LogP contribution < -0.4 is 10.1 Å². The Morgan fingerprint density at radius 3 is 2.57 bits per heavy atom. The highest BCUT2D eigenvalue weighted by atomic mass is 19.4. The molecule has 0 amide bonds. The van der Waals surface area contributed by atoms with E-state index < -0.39 is 6.36 Å². The molecule has 0 saturated carbocycles. The summed E-state index contributed by atoms with van der Waals surface area (Å²) in [6.45, 7) is 0.424. The molecule has 5 nitrogen and oxygen atoms in total. The van der Waals surface area contributed by atoms with Crippen LogP contribution in [0.3, 0.4) is 0 Å². The van der Waals surface area contributed by atoms with Gasteiger partial charge in [0.2, 0.25) is 0 Å². The molecule has 0 bridgehead atoms. The van der Waals surface area contributed by atoms with Crippen molar-refractivity contribution in [1.82, 2.24) is 14.5 Å². The molecular weight excluding hydrogens is 309 g/mol. The first-order chi connectivity index (χ1) is 10.9. The SMILES string of the molecule is Cn1ccc2c(NCc3ccc(OC(F)(F)F)cc3)ncnc21. The van der Waals surface area contributed by atoms with Crippen molar-refractivity contribution in [2.24, 2.45) is 7.05 Å². The van der Waals surface area contributed by atoms with Crippen molar-refractivity contribution in [3.8, 4) is 5.75 Å². The maximum atomic E-state index is 12.1. The molecule has 2 heterocycles. The molecule has 0 spiro atoms. The van der Waals surface area contributed by atoms with Gasteiger partial charge in [-0.3, -0.25) is 0 Å². The molecule has 0 aliphatic heterocycles. The Balaban J connectivity index is 1.70. The molecule has 0 aliphatic carbocycles. The lowest BCUT2D eigenvalue weighted by Gasteiger charge is -2.10. The van der Waals surface area contributed by atoms with Crippen LogP contribution in [-0.2, 0) is 13.6 Å². The molecule has 3 aromatic rings. The van der Waals surface area contributed by atoms with Crippen LogP contribution in [0, 0.1) is 0 Å². The Bertz CT molecular complexity index is 812. The summed E-state index contributed by atoms with van der Waals surface area (Å²) in [5.41, 5.74) is 1.61. The first-order valence-corrected chi connectivity index (χ1v) is 6.77. The number of nitrogens with zero attached hydrogens (tertiary/aromatic N) is 3. The minimum Gasteiger partial charge on any atom is -0.406 e. The number of halogens is 3. The summed E-state index contributed by atoms with van der Waals surface area (Å²) in [6, 6.07) is 7.60. The van der Waals surface area contributed by atoms with Crippen LogP contribution in [0.15, 0.2) is 42.9 Å². The maximum absolute atomic E-state index is 12.1. The van der Waals surface area contributed by atoms with Gasteiger partial charge in [-0.25, -0.2) is 9.97 Å². The van der Waals surface area contributed by atoms with Gasteiger partial charge in [0.1, 0.15) is 23.5 Å². The van der Waals surface area contributed by atoms with Crippen LogP contribution in [0.5, 0.6) is 5.75 Å². The molecule has 0 radical (unpaired) electrons.